The third-order valence-corrected chi connectivity index (χ3v) is 4.81. The van der Waals surface area contributed by atoms with E-state index in [1.54, 1.807) is 0 Å². The predicted octanol–water partition coefficient (Wildman–Crippen LogP) is 2.22. The Labute approximate surface area is 121 Å². The molecule has 1 aromatic rings. The third-order valence-electron chi connectivity index (χ3n) is 4.81. The van der Waals surface area contributed by atoms with Gasteiger partial charge in [-0.15, -0.1) is 0 Å². The van der Waals surface area contributed by atoms with Gasteiger partial charge in [-0.2, -0.15) is 0 Å². The minimum atomic E-state index is -0.0863. The summed E-state index contributed by atoms with van der Waals surface area (Å²) in [6.07, 6.45) is 5.33. The van der Waals surface area contributed by atoms with Gasteiger partial charge in [0.15, 0.2) is 0 Å². The van der Waals surface area contributed by atoms with Crippen LogP contribution in [-0.4, -0.2) is 37.0 Å². The molecule has 3 rings (SSSR count). The maximum Gasteiger partial charge on any atom is 0.229 e. The molecule has 20 heavy (non-hydrogen) atoms. The van der Waals surface area contributed by atoms with Crippen molar-refractivity contribution in [3.63, 3.8) is 0 Å². The molecule has 0 radical (unpaired) electrons. The first kappa shape index (κ1) is 13.6. The van der Waals surface area contributed by atoms with Crippen molar-refractivity contribution in [1.82, 2.24) is 10.2 Å². The monoisotopic (exact) mass is 272 g/mol. The molecule has 1 unspecified atom stereocenters. The quantitative estimate of drug-likeness (QED) is 0.911. The molecule has 1 aliphatic carbocycles. The fraction of sp³-hybridized carbons (Fsp3) is 0.588. The summed E-state index contributed by atoms with van der Waals surface area (Å²) in [6.45, 7) is 1.82. The first-order valence-corrected chi connectivity index (χ1v) is 7.74. The molecule has 0 spiro atoms. The highest BCUT2D eigenvalue weighted by Gasteiger charge is 2.51. The molecule has 1 heterocycles. The highest BCUT2D eigenvalue weighted by molar-refractivity contribution is 5.85. The van der Waals surface area contributed by atoms with E-state index in [0.29, 0.717) is 11.9 Å². The van der Waals surface area contributed by atoms with Gasteiger partial charge in [0.2, 0.25) is 5.91 Å². The van der Waals surface area contributed by atoms with Crippen molar-refractivity contribution < 1.29 is 4.79 Å². The summed E-state index contributed by atoms with van der Waals surface area (Å²) < 4.78 is 0. The lowest BCUT2D eigenvalue weighted by molar-refractivity contribution is -0.138. The van der Waals surface area contributed by atoms with E-state index in [-0.39, 0.29) is 5.41 Å². The molecular formula is C17H24N2O. The molecule has 1 saturated carbocycles. The van der Waals surface area contributed by atoms with Crippen LogP contribution in [0.3, 0.4) is 0 Å². The van der Waals surface area contributed by atoms with Gasteiger partial charge in [0.25, 0.3) is 0 Å². The van der Waals surface area contributed by atoms with Gasteiger partial charge in [-0.05, 0) is 44.7 Å². The smallest absolute Gasteiger partial charge is 0.229 e. The van der Waals surface area contributed by atoms with Gasteiger partial charge < -0.3 is 10.2 Å². The number of rotatable bonds is 4. The minimum Gasteiger partial charge on any atom is -0.341 e. The normalized spacial score (nSPS) is 24.4. The first-order valence-electron chi connectivity index (χ1n) is 7.74. The Morgan fingerprint density at radius 3 is 2.75 bits per heavy atom. The summed E-state index contributed by atoms with van der Waals surface area (Å²) in [5.41, 5.74) is 1.21. The number of amides is 1. The molecule has 1 aliphatic heterocycles. The van der Waals surface area contributed by atoms with Gasteiger partial charge >= 0.3 is 0 Å². The zero-order valence-corrected chi connectivity index (χ0v) is 12.3. The van der Waals surface area contributed by atoms with E-state index >= 15 is 0 Å². The van der Waals surface area contributed by atoms with Crippen molar-refractivity contribution in [2.24, 2.45) is 5.41 Å². The topological polar surface area (TPSA) is 32.3 Å². The maximum absolute atomic E-state index is 12.8. The Morgan fingerprint density at radius 2 is 2.10 bits per heavy atom. The standard InChI is InChI=1S/C17H24N2O/c1-18-15-8-5-11-19(13-15)16(20)17(9-10-17)12-14-6-3-2-4-7-14/h2-4,6-7,15,18H,5,8-13H2,1H3. The molecule has 3 heteroatoms. The van der Waals surface area contributed by atoms with Crippen LogP contribution in [0.5, 0.6) is 0 Å². The Balaban J connectivity index is 1.67. The van der Waals surface area contributed by atoms with E-state index < -0.39 is 0 Å². The number of nitrogens with zero attached hydrogens (tertiary/aromatic N) is 1. The molecule has 3 nitrogen and oxygen atoms in total. The zero-order valence-electron chi connectivity index (χ0n) is 12.3. The van der Waals surface area contributed by atoms with Crippen LogP contribution >= 0.6 is 0 Å². The molecule has 108 valence electrons. The highest BCUT2D eigenvalue weighted by Crippen LogP contribution is 2.50. The third kappa shape index (κ3) is 2.73. The number of nitrogens with one attached hydrogen (secondary N) is 1. The summed E-state index contributed by atoms with van der Waals surface area (Å²) in [5.74, 6) is 0.390. The second kappa shape index (κ2) is 5.57. The molecule has 1 N–H and O–H groups in total. The number of likely N-dealkylation sites (N-methyl/N-ethyl adjacent to an activating group) is 1. The molecule has 0 bridgehead atoms. The van der Waals surface area contributed by atoms with Crippen molar-refractivity contribution in [3.05, 3.63) is 35.9 Å². The average Bonchev–Trinajstić information content (AvgIpc) is 3.28. The SMILES string of the molecule is CNC1CCCN(C(=O)C2(Cc3ccccc3)CC2)C1. The van der Waals surface area contributed by atoms with Crippen LogP contribution in [0.1, 0.15) is 31.2 Å². The van der Waals surface area contributed by atoms with Crippen LogP contribution in [0.4, 0.5) is 0 Å². The lowest BCUT2D eigenvalue weighted by Gasteiger charge is -2.35. The fourth-order valence-electron chi connectivity index (χ4n) is 3.34. The Morgan fingerprint density at radius 1 is 1.35 bits per heavy atom. The van der Waals surface area contributed by atoms with Gasteiger partial charge in [-0.3, -0.25) is 4.79 Å². The number of carbonyl (C=O) groups excluding carboxylic acids is 1. The van der Waals surface area contributed by atoms with Crippen LogP contribution in [0.15, 0.2) is 30.3 Å². The molecule has 1 aromatic carbocycles. The number of piperidine rings is 1. The Kier molecular flexibility index (Phi) is 3.79. The Bertz CT molecular complexity index is 467. The molecule has 1 saturated heterocycles. The minimum absolute atomic E-state index is 0.0863. The summed E-state index contributed by atoms with van der Waals surface area (Å²) in [6, 6.07) is 10.9. The van der Waals surface area contributed by atoms with E-state index in [1.807, 2.05) is 13.1 Å². The van der Waals surface area contributed by atoms with Gasteiger partial charge in [-0.1, -0.05) is 30.3 Å². The average molecular weight is 272 g/mol. The molecule has 2 aliphatic rings. The number of likely N-dealkylation sites (tertiary alicyclic amines) is 1. The second-order valence-corrected chi connectivity index (χ2v) is 6.32. The summed E-state index contributed by atoms with van der Waals surface area (Å²) in [5, 5.41) is 3.32. The zero-order chi connectivity index (χ0) is 14.0. The lowest BCUT2D eigenvalue weighted by Crippen LogP contribution is -2.49. The van der Waals surface area contributed by atoms with Crippen molar-refractivity contribution in [3.8, 4) is 0 Å². The van der Waals surface area contributed by atoms with Crippen LogP contribution in [-0.2, 0) is 11.2 Å². The number of carbonyl (C=O) groups is 1. The summed E-state index contributed by atoms with van der Waals surface area (Å²) in [7, 11) is 2.00. The van der Waals surface area contributed by atoms with Crippen LogP contribution in [0, 0.1) is 5.41 Å². The van der Waals surface area contributed by atoms with Crippen LogP contribution in [0.2, 0.25) is 0 Å². The largest absolute Gasteiger partial charge is 0.341 e. The van der Waals surface area contributed by atoms with Crippen molar-refractivity contribution in [1.29, 1.82) is 0 Å². The van der Waals surface area contributed by atoms with Gasteiger partial charge in [0.05, 0.1) is 5.41 Å². The van der Waals surface area contributed by atoms with E-state index in [2.05, 4.69) is 34.5 Å². The van der Waals surface area contributed by atoms with Crippen molar-refractivity contribution >= 4 is 5.91 Å². The molecule has 1 atom stereocenters. The van der Waals surface area contributed by atoms with Crippen LogP contribution in [0.25, 0.3) is 0 Å². The molecular weight excluding hydrogens is 248 g/mol. The van der Waals surface area contributed by atoms with Crippen molar-refractivity contribution in [2.45, 2.75) is 38.1 Å². The Hall–Kier alpha value is -1.35. The first-order chi connectivity index (χ1) is 9.73. The predicted molar refractivity (Wildman–Crippen MR) is 80.5 cm³/mol. The van der Waals surface area contributed by atoms with Crippen molar-refractivity contribution in [2.75, 3.05) is 20.1 Å². The summed E-state index contributed by atoms with van der Waals surface area (Å²) >= 11 is 0. The fourth-order valence-corrected chi connectivity index (χ4v) is 3.34. The van der Waals surface area contributed by atoms with Gasteiger partial charge in [0.1, 0.15) is 0 Å². The summed E-state index contributed by atoms with van der Waals surface area (Å²) in [4.78, 5) is 14.9. The maximum atomic E-state index is 12.8. The van der Waals surface area contributed by atoms with E-state index in [1.165, 1.54) is 12.0 Å². The lowest BCUT2D eigenvalue weighted by atomic mass is 9.93. The van der Waals surface area contributed by atoms with E-state index in [0.717, 1.165) is 38.8 Å². The highest BCUT2D eigenvalue weighted by atomic mass is 16.2. The van der Waals surface area contributed by atoms with E-state index in [4.69, 9.17) is 0 Å². The number of hydrogen-bond acceptors (Lipinski definition) is 2. The number of hydrogen-bond donors (Lipinski definition) is 1. The second-order valence-electron chi connectivity index (χ2n) is 6.32. The van der Waals surface area contributed by atoms with E-state index in [9.17, 15) is 4.79 Å². The van der Waals surface area contributed by atoms with Gasteiger partial charge in [0, 0.05) is 19.1 Å². The molecule has 1 amide bonds. The van der Waals surface area contributed by atoms with Gasteiger partial charge in [-0.25, -0.2) is 0 Å². The van der Waals surface area contributed by atoms with Crippen LogP contribution < -0.4 is 5.32 Å². The number of benzene rings is 1. The molecule has 0 aromatic heterocycles. The molecule has 2 fully saturated rings.